The smallest absolute Gasteiger partial charge is 0.306 e. The number of allylic oxidation sites excluding steroid dienone is 4. The Balaban J connectivity index is 4.25. The van der Waals surface area contributed by atoms with E-state index in [0.29, 0.717) is 19.3 Å². The van der Waals surface area contributed by atoms with Crippen LogP contribution in [0.3, 0.4) is 0 Å². The zero-order valence-electron chi connectivity index (χ0n) is 36.7. The zero-order chi connectivity index (χ0) is 40.1. The average molecular weight is 775 g/mol. The molecule has 0 radical (unpaired) electrons. The van der Waals surface area contributed by atoms with Crippen LogP contribution in [0.5, 0.6) is 0 Å². The Morgan fingerprint density at radius 3 is 1.02 bits per heavy atom. The highest BCUT2D eigenvalue weighted by molar-refractivity contribution is 5.71. The summed E-state index contributed by atoms with van der Waals surface area (Å²) in [6.07, 6.45) is 48.9. The molecule has 0 bridgehead atoms. The van der Waals surface area contributed by atoms with Gasteiger partial charge in [0.2, 0.25) is 0 Å². The molecule has 0 amide bonds. The van der Waals surface area contributed by atoms with Gasteiger partial charge in [0, 0.05) is 19.3 Å². The van der Waals surface area contributed by atoms with Crippen LogP contribution in [0.4, 0.5) is 0 Å². The molecule has 0 spiro atoms. The predicted molar refractivity (Wildman–Crippen MR) is 233 cm³/mol. The maximum Gasteiger partial charge on any atom is 0.306 e. The molecule has 0 saturated carbocycles. The Hall–Kier alpha value is -2.11. The van der Waals surface area contributed by atoms with E-state index >= 15 is 0 Å². The van der Waals surface area contributed by atoms with Crippen molar-refractivity contribution in [3.8, 4) is 0 Å². The first-order chi connectivity index (χ1) is 27.0. The molecule has 0 saturated heterocycles. The maximum absolute atomic E-state index is 12.7. The Morgan fingerprint density at radius 1 is 0.364 bits per heavy atom. The predicted octanol–water partition coefficient (Wildman–Crippen LogP) is 15.2. The summed E-state index contributed by atoms with van der Waals surface area (Å²) in [7, 11) is 0. The van der Waals surface area contributed by atoms with Crippen molar-refractivity contribution < 1.29 is 28.6 Å². The number of unbranched alkanes of at least 4 members (excludes halogenated alkanes) is 28. The fraction of sp³-hybridized carbons (Fsp3) is 0.857. The van der Waals surface area contributed by atoms with Crippen molar-refractivity contribution in [2.75, 3.05) is 13.2 Å². The van der Waals surface area contributed by atoms with Crippen LogP contribution in [0, 0.1) is 0 Å². The van der Waals surface area contributed by atoms with E-state index in [9.17, 15) is 14.4 Å². The van der Waals surface area contributed by atoms with Crippen LogP contribution in [-0.4, -0.2) is 37.2 Å². The Kier molecular flexibility index (Phi) is 42.9. The van der Waals surface area contributed by atoms with E-state index in [1.165, 1.54) is 135 Å². The van der Waals surface area contributed by atoms with E-state index in [2.05, 4.69) is 45.1 Å². The molecule has 0 rings (SSSR count). The molecule has 0 heterocycles. The van der Waals surface area contributed by atoms with Gasteiger partial charge in [-0.25, -0.2) is 0 Å². The van der Waals surface area contributed by atoms with Gasteiger partial charge in [-0.3, -0.25) is 14.4 Å². The highest BCUT2D eigenvalue weighted by Gasteiger charge is 2.19. The van der Waals surface area contributed by atoms with Gasteiger partial charge < -0.3 is 14.2 Å². The van der Waals surface area contributed by atoms with Gasteiger partial charge in [0.25, 0.3) is 0 Å². The molecule has 1 unspecified atom stereocenters. The lowest BCUT2D eigenvalue weighted by Crippen LogP contribution is -2.30. The molecule has 0 aromatic carbocycles. The van der Waals surface area contributed by atoms with E-state index in [0.717, 1.165) is 77.0 Å². The highest BCUT2D eigenvalue weighted by atomic mass is 16.6. The van der Waals surface area contributed by atoms with Crippen LogP contribution in [0.1, 0.15) is 252 Å². The van der Waals surface area contributed by atoms with Crippen molar-refractivity contribution in [2.24, 2.45) is 0 Å². The van der Waals surface area contributed by atoms with Gasteiger partial charge in [-0.15, -0.1) is 0 Å². The fourth-order valence-corrected chi connectivity index (χ4v) is 6.82. The summed E-state index contributed by atoms with van der Waals surface area (Å²) >= 11 is 0. The standard InChI is InChI=1S/C49H90O6/c1-4-7-10-13-16-18-20-22-24-26-27-29-31-33-36-39-42-48(51)54-45-46(44-53-47(50)41-38-35-15-12-9-6-3)55-49(52)43-40-37-34-32-30-28-25-23-21-19-17-14-11-8-5-2/h18,20,24,26,46H,4-17,19,21-23,25,27-45H2,1-3H3/b20-18-,26-24-. The molecule has 55 heavy (non-hydrogen) atoms. The van der Waals surface area contributed by atoms with Gasteiger partial charge in [0.15, 0.2) is 6.10 Å². The molecule has 6 nitrogen and oxygen atoms in total. The Labute approximate surface area is 341 Å². The second-order valence-corrected chi connectivity index (χ2v) is 16.0. The van der Waals surface area contributed by atoms with Gasteiger partial charge in [-0.1, -0.05) is 206 Å². The summed E-state index contributed by atoms with van der Waals surface area (Å²) < 4.78 is 16.7. The first-order valence-corrected chi connectivity index (χ1v) is 23.8. The van der Waals surface area contributed by atoms with E-state index in [1.807, 2.05) is 0 Å². The maximum atomic E-state index is 12.7. The second kappa shape index (κ2) is 44.6. The first-order valence-electron chi connectivity index (χ1n) is 23.8. The van der Waals surface area contributed by atoms with Gasteiger partial charge in [-0.2, -0.15) is 0 Å². The summed E-state index contributed by atoms with van der Waals surface area (Å²) in [6.45, 7) is 6.56. The molecule has 6 heteroatoms. The summed E-state index contributed by atoms with van der Waals surface area (Å²) in [5.41, 5.74) is 0. The van der Waals surface area contributed by atoms with Crippen molar-refractivity contribution in [1.82, 2.24) is 0 Å². The van der Waals surface area contributed by atoms with Crippen LogP contribution >= 0.6 is 0 Å². The number of carbonyl (C=O) groups excluding carboxylic acids is 3. The van der Waals surface area contributed by atoms with E-state index in [-0.39, 0.29) is 31.1 Å². The second-order valence-electron chi connectivity index (χ2n) is 16.0. The molecular weight excluding hydrogens is 685 g/mol. The fourth-order valence-electron chi connectivity index (χ4n) is 6.82. The van der Waals surface area contributed by atoms with Crippen molar-refractivity contribution in [3.05, 3.63) is 24.3 Å². The number of esters is 3. The normalized spacial score (nSPS) is 12.1. The van der Waals surface area contributed by atoms with Crippen LogP contribution in [0.2, 0.25) is 0 Å². The van der Waals surface area contributed by atoms with Crippen LogP contribution in [0.15, 0.2) is 24.3 Å². The molecular formula is C49H90O6. The third-order valence-corrected chi connectivity index (χ3v) is 10.5. The van der Waals surface area contributed by atoms with Crippen LogP contribution in [0.25, 0.3) is 0 Å². The largest absolute Gasteiger partial charge is 0.462 e. The number of carbonyl (C=O) groups is 3. The lowest BCUT2D eigenvalue weighted by molar-refractivity contribution is -0.167. The van der Waals surface area contributed by atoms with Gasteiger partial charge in [0.1, 0.15) is 13.2 Å². The summed E-state index contributed by atoms with van der Waals surface area (Å²) in [5.74, 6) is -0.888. The van der Waals surface area contributed by atoms with Gasteiger partial charge in [-0.05, 0) is 51.4 Å². The topological polar surface area (TPSA) is 78.9 Å². The number of hydrogen-bond acceptors (Lipinski definition) is 6. The van der Waals surface area contributed by atoms with Gasteiger partial charge in [0.05, 0.1) is 0 Å². The summed E-state index contributed by atoms with van der Waals surface area (Å²) in [5, 5.41) is 0. The molecule has 0 aromatic heterocycles. The van der Waals surface area contributed by atoms with Crippen molar-refractivity contribution in [2.45, 2.75) is 258 Å². The number of hydrogen-bond donors (Lipinski definition) is 0. The minimum Gasteiger partial charge on any atom is -0.462 e. The van der Waals surface area contributed by atoms with Crippen LogP contribution < -0.4 is 0 Å². The van der Waals surface area contributed by atoms with Gasteiger partial charge >= 0.3 is 17.9 Å². The van der Waals surface area contributed by atoms with E-state index < -0.39 is 6.10 Å². The van der Waals surface area contributed by atoms with Crippen LogP contribution in [-0.2, 0) is 28.6 Å². The summed E-state index contributed by atoms with van der Waals surface area (Å²) in [4.78, 5) is 37.6. The van der Waals surface area contributed by atoms with Crippen molar-refractivity contribution in [1.29, 1.82) is 0 Å². The Morgan fingerprint density at radius 2 is 0.655 bits per heavy atom. The molecule has 0 aliphatic heterocycles. The summed E-state index contributed by atoms with van der Waals surface area (Å²) in [6, 6.07) is 0. The lowest BCUT2D eigenvalue weighted by Gasteiger charge is -2.18. The molecule has 1 atom stereocenters. The van der Waals surface area contributed by atoms with Crippen molar-refractivity contribution in [3.63, 3.8) is 0 Å². The minimum absolute atomic E-state index is 0.0731. The molecule has 0 aromatic rings. The van der Waals surface area contributed by atoms with Crippen molar-refractivity contribution >= 4 is 17.9 Å². The quantitative estimate of drug-likeness (QED) is 0.0266. The zero-order valence-corrected chi connectivity index (χ0v) is 36.7. The average Bonchev–Trinajstić information content (AvgIpc) is 3.18. The third kappa shape index (κ3) is 42.9. The highest BCUT2D eigenvalue weighted by Crippen LogP contribution is 2.15. The number of ether oxygens (including phenoxy) is 3. The molecule has 322 valence electrons. The molecule has 0 fully saturated rings. The van der Waals surface area contributed by atoms with E-state index in [4.69, 9.17) is 14.2 Å². The molecule has 0 aliphatic carbocycles. The molecule has 0 N–H and O–H groups in total. The monoisotopic (exact) mass is 775 g/mol. The number of rotatable bonds is 43. The molecule has 0 aliphatic rings. The third-order valence-electron chi connectivity index (χ3n) is 10.5. The SMILES string of the molecule is CCCCCC/C=C\C/C=C\CCCCCCCC(=O)OCC(COC(=O)CCCCCCCC)OC(=O)CCCCCCCCCCCCCCCCC. The van der Waals surface area contributed by atoms with E-state index in [1.54, 1.807) is 0 Å². The Bertz CT molecular complexity index is 896. The minimum atomic E-state index is -0.768. The lowest BCUT2D eigenvalue weighted by atomic mass is 10.0. The first kappa shape index (κ1) is 52.9.